The molecule has 2 aromatic heterocycles. The Bertz CT molecular complexity index is 914. The van der Waals surface area contributed by atoms with Gasteiger partial charge in [-0.2, -0.15) is 0 Å². The second-order valence-electron chi connectivity index (χ2n) is 6.26. The highest BCUT2D eigenvalue weighted by molar-refractivity contribution is 5.82. The second-order valence-corrected chi connectivity index (χ2v) is 6.26. The predicted molar refractivity (Wildman–Crippen MR) is 95.1 cm³/mol. The number of hydrogen-bond donors (Lipinski definition) is 4. The Hall–Kier alpha value is -2.75. The summed E-state index contributed by atoms with van der Waals surface area (Å²) in [5, 5.41) is 22.4. The van der Waals surface area contributed by atoms with Gasteiger partial charge in [0.05, 0.1) is 19.0 Å². The molecule has 1 aliphatic rings. The average Bonchev–Trinajstić information content (AvgIpc) is 3.23. The zero-order valence-electron chi connectivity index (χ0n) is 14.0. The fraction of sp³-hybridized carbons (Fsp3) is 0.353. The monoisotopic (exact) mass is 356 g/mol. The Morgan fingerprint density at radius 3 is 2.96 bits per heavy atom. The zero-order chi connectivity index (χ0) is 18.1. The number of aliphatic hydroxyl groups is 2. The number of benzene rings is 1. The number of ether oxygens (including phenoxy) is 1. The highest BCUT2D eigenvalue weighted by atomic mass is 16.5. The molecule has 1 unspecified atom stereocenters. The number of anilines is 2. The second kappa shape index (κ2) is 6.87. The maximum atomic E-state index is 9.94. The van der Waals surface area contributed by atoms with Crippen molar-refractivity contribution in [3.63, 3.8) is 0 Å². The maximum absolute atomic E-state index is 9.94. The van der Waals surface area contributed by atoms with Crippen molar-refractivity contribution in [2.45, 2.75) is 31.4 Å². The number of hydrogen-bond acceptors (Lipinski definition) is 8. The van der Waals surface area contributed by atoms with Crippen molar-refractivity contribution in [1.29, 1.82) is 0 Å². The molecule has 0 aliphatic carbocycles. The third-order valence-electron chi connectivity index (χ3n) is 4.46. The van der Waals surface area contributed by atoms with Gasteiger partial charge in [-0.25, -0.2) is 15.0 Å². The zero-order valence-corrected chi connectivity index (χ0v) is 14.0. The molecule has 136 valence electrons. The first-order chi connectivity index (χ1) is 12.7. The molecule has 1 fully saturated rings. The van der Waals surface area contributed by atoms with Crippen molar-refractivity contribution < 1.29 is 14.9 Å². The third kappa shape index (κ3) is 3.07. The van der Waals surface area contributed by atoms with Gasteiger partial charge in [0.1, 0.15) is 18.7 Å². The van der Waals surface area contributed by atoms with E-state index in [4.69, 9.17) is 10.5 Å². The molecule has 3 aromatic rings. The minimum absolute atomic E-state index is 0.230. The van der Waals surface area contributed by atoms with E-state index >= 15 is 0 Å². The molecule has 5 N–H and O–H groups in total. The van der Waals surface area contributed by atoms with Gasteiger partial charge in [0.15, 0.2) is 17.0 Å². The smallest absolute Gasteiger partial charge is 0.167 e. The first-order valence-electron chi connectivity index (χ1n) is 8.36. The summed E-state index contributed by atoms with van der Waals surface area (Å²) in [6, 6.07) is 7.61. The van der Waals surface area contributed by atoms with Crippen LogP contribution in [0.25, 0.3) is 11.2 Å². The van der Waals surface area contributed by atoms with E-state index in [1.807, 2.05) is 24.3 Å². The van der Waals surface area contributed by atoms with Crippen molar-refractivity contribution in [3.05, 3.63) is 42.5 Å². The summed E-state index contributed by atoms with van der Waals surface area (Å²) in [7, 11) is 0. The van der Waals surface area contributed by atoms with E-state index < -0.39 is 18.4 Å². The van der Waals surface area contributed by atoms with Crippen LogP contribution in [0.1, 0.15) is 18.2 Å². The third-order valence-corrected chi connectivity index (χ3v) is 4.46. The molecule has 3 atom stereocenters. The van der Waals surface area contributed by atoms with Gasteiger partial charge in [0.2, 0.25) is 0 Å². The molecule has 9 heteroatoms. The Labute approximate surface area is 149 Å². The lowest BCUT2D eigenvalue weighted by molar-refractivity contribution is -0.0432. The molecule has 26 heavy (non-hydrogen) atoms. The van der Waals surface area contributed by atoms with E-state index in [0.717, 1.165) is 5.56 Å². The fourth-order valence-electron chi connectivity index (χ4n) is 3.13. The number of rotatable bonds is 5. The highest BCUT2D eigenvalue weighted by Gasteiger charge is 2.35. The highest BCUT2D eigenvalue weighted by Crippen LogP contribution is 2.31. The number of nitrogen functional groups attached to an aromatic ring is 1. The summed E-state index contributed by atoms with van der Waals surface area (Å²) >= 11 is 0. The number of fused-ring (bicyclic) bond motifs is 1. The molecular weight excluding hydrogens is 336 g/mol. The van der Waals surface area contributed by atoms with E-state index in [2.05, 4.69) is 20.3 Å². The standard InChI is InChI=1S/C17H20N6O3/c18-11-3-1-2-10(4-11)6-19-16-15-17(21-8-20-16)23(9-22-15)14-5-12(25)13(7-24)26-14/h1-4,8-9,12-14,24-25H,5-7,18H2,(H,19,20,21)/t12-,13+,14?/m0/s1. The number of nitrogens with two attached hydrogens (primary N) is 1. The molecule has 0 radical (unpaired) electrons. The maximum Gasteiger partial charge on any atom is 0.167 e. The molecule has 0 spiro atoms. The van der Waals surface area contributed by atoms with Crippen molar-refractivity contribution in [3.8, 4) is 0 Å². The van der Waals surface area contributed by atoms with E-state index in [1.54, 1.807) is 10.9 Å². The first-order valence-corrected chi connectivity index (χ1v) is 8.36. The molecular formula is C17H20N6O3. The van der Waals surface area contributed by atoms with Gasteiger partial charge in [-0.05, 0) is 17.7 Å². The molecule has 1 saturated heterocycles. The van der Waals surface area contributed by atoms with Crippen LogP contribution in [0.2, 0.25) is 0 Å². The van der Waals surface area contributed by atoms with Crippen LogP contribution in [-0.4, -0.2) is 48.5 Å². The van der Waals surface area contributed by atoms with E-state index in [-0.39, 0.29) is 6.61 Å². The summed E-state index contributed by atoms with van der Waals surface area (Å²) in [5.74, 6) is 0.605. The molecule has 9 nitrogen and oxygen atoms in total. The van der Waals surface area contributed by atoms with Gasteiger partial charge in [0, 0.05) is 18.7 Å². The van der Waals surface area contributed by atoms with E-state index in [9.17, 15) is 10.2 Å². The van der Waals surface area contributed by atoms with E-state index in [1.165, 1.54) is 6.33 Å². The van der Waals surface area contributed by atoms with Gasteiger partial charge in [-0.1, -0.05) is 12.1 Å². The van der Waals surface area contributed by atoms with Crippen molar-refractivity contribution in [1.82, 2.24) is 19.5 Å². The molecule has 4 rings (SSSR count). The lowest BCUT2D eigenvalue weighted by Crippen LogP contribution is -2.24. The van der Waals surface area contributed by atoms with Gasteiger partial charge in [-0.15, -0.1) is 0 Å². The van der Waals surface area contributed by atoms with Crippen LogP contribution in [0.4, 0.5) is 11.5 Å². The molecule has 1 aromatic carbocycles. The van der Waals surface area contributed by atoms with Gasteiger partial charge < -0.3 is 26.0 Å². The van der Waals surface area contributed by atoms with Gasteiger partial charge in [0.25, 0.3) is 0 Å². The lowest BCUT2D eigenvalue weighted by atomic mass is 10.2. The topological polar surface area (TPSA) is 131 Å². The van der Waals surface area contributed by atoms with Crippen molar-refractivity contribution in [2.24, 2.45) is 0 Å². The predicted octanol–water partition coefficient (Wildman–Crippen LogP) is 0.661. The summed E-state index contributed by atoms with van der Waals surface area (Å²) < 4.78 is 7.44. The van der Waals surface area contributed by atoms with Crippen molar-refractivity contribution >= 4 is 22.7 Å². The average molecular weight is 356 g/mol. The van der Waals surface area contributed by atoms with Crippen LogP contribution in [0, 0.1) is 0 Å². The SMILES string of the molecule is Nc1cccc(CNc2ncnc3c2ncn3C2C[C@H](O)[C@@H](CO)O2)c1. The van der Waals surface area contributed by atoms with E-state index in [0.29, 0.717) is 35.6 Å². The molecule has 1 aliphatic heterocycles. The van der Waals surface area contributed by atoms with Crippen LogP contribution in [0.15, 0.2) is 36.9 Å². The van der Waals surface area contributed by atoms with Gasteiger partial charge in [-0.3, -0.25) is 4.57 Å². The molecule has 0 amide bonds. The Balaban J connectivity index is 1.57. The van der Waals surface area contributed by atoms with Crippen molar-refractivity contribution in [2.75, 3.05) is 17.7 Å². The normalized spacial score (nSPS) is 22.8. The summed E-state index contributed by atoms with van der Waals surface area (Å²) in [6.07, 6.45) is 1.70. The molecule has 3 heterocycles. The summed E-state index contributed by atoms with van der Waals surface area (Å²) in [4.78, 5) is 13.0. The first kappa shape index (κ1) is 16.7. The minimum Gasteiger partial charge on any atom is -0.399 e. The number of aliphatic hydroxyl groups excluding tert-OH is 2. The van der Waals surface area contributed by atoms with Crippen LogP contribution in [0.5, 0.6) is 0 Å². The van der Waals surface area contributed by atoms with Gasteiger partial charge >= 0.3 is 0 Å². The number of imidazole rings is 1. The lowest BCUT2D eigenvalue weighted by Gasteiger charge is -2.13. The largest absolute Gasteiger partial charge is 0.399 e. The summed E-state index contributed by atoms with van der Waals surface area (Å²) in [6.45, 7) is 0.321. The number of nitrogens with one attached hydrogen (secondary N) is 1. The fourth-order valence-corrected chi connectivity index (χ4v) is 3.13. The Morgan fingerprint density at radius 1 is 1.31 bits per heavy atom. The number of aromatic nitrogens is 4. The minimum atomic E-state index is -0.717. The molecule has 0 bridgehead atoms. The van der Waals surface area contributed by atoms with Crippen LogP contribution >= 0.6 is 0 Å². The van der Waals surface area contributed by atoms with Crippen LogP contribution < -0.4 is 11.1 Å². The van der Waals surface area contributed by atoms with Crippen LogP contribution in [-0.2, 0) is 11.3 Å². The quantitative estimate of drug-likeness (QED) is 0.490. The molecule has 0 saturated carbocycles. The number of nitrogens with zero attached hydrogens (tertiary/aromatic N) is 4. The summed E-state index contributed by atoms with van der Waals surface area (Å²) in [5.41, 5.74) is 8.76. The van der Waals surface area contributed by atoms with Crippen LogP contribution in [0.3, 0.4) is 0 Å². The Kier molecular flexibility index (Phi) is 4.41. The Morgan fingerprint density at radius 2 is 2.19 bits per heavy atom.